The minimum Gasteiger partial charge on any atom is -0.490 e. The van der Waals surface area contributed by atoms with E-state index < -0.39 is 0 Å². The van der Waals surface area contributed by atoms with Crippen molar-refractivity contribution in [3.05, 3.63) is 30.3 Å². The first-order valence-electron chi connectivity index (χ1n) is 4.74. The van der Waals surface area contributed by atoms with Gasteiger partial charge in [0, 0.05) is 11.8 Å². The van der Waals surface area contributed by atoms with Crippen LogP contribution in [0.2, 0.25) is 0 Å². The molecule has 2 aliphatic rings. The Kier molecular flexibility index (Phi) is 1.56. The zero-order valence-corrected chi connectivity index (χ0v) is 7.35. The summed E-state index contributed by atoms with van der Waals surface area (Å²) >= 11 is 0. The maximum atomic E-state index is 5.81. The fourth-order valence-corrected chi connectivity index (χ4v) is 2.02. The molecule has 1 aliphatic heterocycles. The SMILES string of the molecule is c1ccc(OC2C3COCC32)cc1. The molecule has 2 unspecified atom stereocenters. The normalized spacial score (nSPS) is 35.5. The van der Waals surface area contributed by atoms with Crippen LogP contribution in [-0.2, 0) is 4.74 Å². The number of para-hydroxylation sites is 1. The Balaban J connectivity index is 1.66. The van der Waals surface area contributed by atoms with Gasteiger partial charge >= 0.3 is 0 Å². The lowest BCUT2D eigenvalue weighted by Gasteiger charge is -2.07. The molecule has 1 saturated carbocycles. The number of ether oxygens (including phenoxy) is 2. The maximum absolute atomic E-state index is 5.81. The van der Waals surface area contributed by atoms with Gasteiger partial charge in [0.05, 0.1) is 13.2 Å². The van der Waals surface area contributed by atoms with E-state index in [1.807, 2.05) is 30.3 Å². The second kappa shape index (κ2) is 2.74. The number of hydrogen-bond donors (Lipinski definition) is 0. The molecule has 3 rings (SSSR count). The number of rotatable bonds is 2. The first-order chi connectivity index (χ1) is 6.45. The summed E-state index contributed by atoms with van der Waals surface area (Å²) in [7, 11) is 0. The summed E-state index contributed by atoms with van der Waals surface area (Å²) in [6.45, 7) is 1.78. The van der Waals surface area contributed by atoms with Crippen molar-refractivity contribution in [1.82, 2.24) is 0 Å². The molecule has 0 bridgehead atoms. The topological polar surface area (TPSA) is 18.5 Å². The van der Waals surface area contributed by atoms with Crippen molar-refractivity contribution in [3.63, 3.8) is 0 Å². The Bertz CT molecular complexity index is 286. The average Bonchev–Trinajstić information content (AvgIpc) is 2.65. The third kappa shape index (κ3) is 1.22. The van der Waals surface area contributed by atoms with E-state index >= 15 is 0 Å². The van der Waals surface area contributed by atoms with E-state index in [-0.39, 0.29) is 0 Å². The molecule has 1 heterocycles. The third-order valence-electron chi connectivity index (χ3n) is 2.89. The van der Waals surface area contributed by atoms with Gasteiger partial charge in [0.1, 0.15) is 11.9 Å². The van der Waals surface area contributed by atoms with Gasteiger partial charge in [-0.2, -0.15) is 0 Å². The van der Waals surface area contributed by atoms with Crippen molar-refractivity contribution in [2.24, 2.45) is 11.8 Å². The van der Waals surface area contributed by atoms with Crippen LogP contribution in [0.5, 0.6) is 5.75 Å². The van der Waals surface area contributed by atoms with Crippen molar-refractivity contribution in [2.75, 3.05) is 13.2 Å². The largest absolute Gasteiger partial charge is 0.490 e. The van der Waals surface area contributed by atoms with E-state index in [0.717, 1.165) is 19.0 Å². The molecule has 2 fully saturated rings. The number of hydrogen-bond acceptors (Lipinski definition) is 2. The van der Waals surface area contributed by atoms with E-state index in [4.69, 9.17) is 9.47 Å². The summed E-state index contributed by atoms with van der Waals surface area (Å²) in [5.41, 5.74) is 0. The van der Waals surface area contributed by atoms with Crippen LogP contribution in [0.3, 0.4) is 0 Å². The third-order valence-corrected chi connectivity index (χ3v) is 2.89. The summed E-state index contributed by atoms with van der Waals surface area (Å²) in [6.07, 6.45) is 0.427. The number of benzene rings is 1. The van der Waals surface area contributed by atoms with Crippen molar-refractivity contribution in [3.8, 4) is 5.75 Å². The van der Waals surface area contributed by atoms with Gasteiger partial charge in [-0.1, -0.05) is 18.2 Å². The molecule has 0 aromatic heterocycles. The fourth-order valence-electron chi connectivity index (χ4n) is 2.02. The molecule has 1 saturated heterocycles. The Morgan fingerprint density at radius 1 is 1.08 bits per heavy atom. The van der Waals surface area contributed by atoms with Crippen molar-refractivity contribution < 1.29 is 9.47 Å². The van der Waals surface area contributed by atoms with E-state index in [1.54, 1.807) is 0 Å². The lowest BCUT2D eigenvalue weighted by atomic mass is 10.3. The highest BCUT2D eigenvalue weighted by atomic mass is 16.5. The molecule has 1 aromatic rings. The highest BCUT2D eigenvalue weighted by Crippen LogP contribution is 2.46. The van der Waals surface area contributed by atoms with Gasteiger partial charge in [0.2, 0.25) is 0 Å². The molecule has 2 heteroatoms. The first-order valence-corrected chi connectivity index (χ1v) is 4.74. The number of fused-ring (bicyclic) bond motifs is 1. The van der Waals surface area contributed by atoms with Crippen molar-refractivity contribution in [2.45, 2.75) is 6.10 Å². The van der Waals surface area contributed by atoms with Crippen LogP contribution in [0.1, 0.15) is 0 Å². The lowest BCUT2D eigenvalue weighted by molar-refractivity contribution is 0.119. The second-order valence-electron chi connectivity index (χ2n) is 3.76. The van der Waals surface area contributed by atoms with Crippen molar-refractivity contribution >= 4 is 0 Å². The van der Waals surface area contributed by atoms with Gasteiger partial charge < -0.3 is 9.47 Å². The van der Waals surface area contributed by atoms with Crippen LogP contribution in [0, 0.1) is 11.8 Å². The molecule has 0 radical (unpaired) electrons. The summed E-state index contributed by atoms with van der Waals surface area (Å²) in [4.78, 5) is 0. The second-order valence-corrected chi connectivity index (χ2v) is 3.76. The van der Waals surface area contributed by atoms with Crippen molar-refractivity contribution in [1.29, 1.82) is 0 Å². The van der Waals surface area contributed by atoms with Crippen LogP contribution in [0.15, 0.2) is 30.3 Å². The molecule has 68 valence electrons. The fraction of sp³-hybridized carbons (Fsp3) is 0.455. The molecule has 13 heavy (non-hydrogen) atoms. The Hall–Kier alpha value is -1.02. The highest BCUT2D eigenvalue weighted by Gasteiger charge is 2.56. The Morgan fingerprint density at radius 2 is 1.77 bits per heavy atom. The highest BCUT2D eigenvalue weighted by molar-refractivity contribution is 5.23. The average molecular weight is 176 g/mol. The van der Waals surface area contributed by atoms with E-state index in [1.165, 1.54) is 0 Å². The molecule has 0 spiro atoms. The smallest absolute Gasteiger partial charge is 0.119 e. The van der Waals surface area contributed by atoms with Crippen LogP contribution in [0.4, 0.5) is 0 Å². The Morgan fingerprint density at radius 3 is 2.46 bits per heavy atom. The first kappa shape index (κ1) is 7.39. The summed E-state index contributed by atoms with van der Waals surface area (Å²) in [6, 6.07) is 10.0. The molecule has 0 amide bonds. The monoisotopic (exact) mass is 176 g/mol. The molecular formula is C11H12O2. The quantitative estimate of drug-likeness (QED) is 0.683. The Labute approximate surface area is 77.5 Å². The van der Waals surface area contributed by atoms with Gasteiger partial charge in [0.25, 0.3) is 0 Å². The molecule has 1 aliphatic carbocycles. The molecule has 0 N–H and O–H groups in total. The summed E-state index contributed by atoms with van der Waals surface area (Å²) in [5, 5.41) is 0. The van der Waals surface area contributed by atoms with Crippen LogP contribution >= 0.6 is 0 Å². The van der Waals surface area contributed by atoms with Crippen LogP contribution in [0.25, 0.3) is 0 Å². The van der Waals surface area contributed by atoms with Crippen LogP contribution in [-0.4, -0.2) is 19.3 Å². The van der Waals surface area contributed by atoms with E-state index in [2.05, 4.69) is 0 Å². The predicted octanol–water partition coefficient (Wildman–Crippen LogP) is 1.71. The van der Waals surface area contributed by atoms with Gasteiger partial charge in [-0.3, -0.25) is 0 Å². The predicted molar refractivity (Wildman–Crippen MR) is 48.7 cm³/mol. The molecule has 2 atom stereocenters. The van der Waals surface area contributed by atoms with Gasteiger partial charge in [-0.25, -0.2) is 0 Å². The molecule has 2 nitrogen and oxygen atoms in total. The summed E-state index contributed by atoms with van der Waals surface area (Å²) < 4.78 is 11.1. The zero-order valence-electron chi connectivity index (χ0n) is 7.35. The van der Waals surface area contributed by atoms with E-state index in [9.17, 15) is 0 Å². The van der Waals surface area contributed by atoms with Gasteiger partial charge in [-0.05, 0) is 12.1 Å². The minimum absolute atomic E-state index is 0.427. The minimum atomic E-state index is 0.427. The maximum Gasteiger partial charge on any atom is 0.119 e. The zero-order chi connectivity index (χ0) is 8.67. The molecule has 1 aromatic carbocycles. The van der Waals surface area contributed by atoms with E-state index in [0.29, 0.717) is 17.9 Å². The standard InChI is InChI=1S/C11H12O2/c1-2-4-8(5-3-1)13-11-9-6-12-7-10(9)11/h1-5,9-11H,6-7H2. The van der Waals surface area contributed by atoms with Crippen LogP contribution < -0.4 is 4.74 Å². The summed E-state index contributed by atoms with van der Waals surface area (Å²) in [5.74, 6) is 2.32. The van der Waals surface area contributed by atoms with Gasteiger partial charge in [-0.15, -0.1) is 0 Å². The molecular weight excluding hydrogens is 164 g/mol. The lowest BCUT2D eigenvalue weighted by Crippen LogP contribution is -2.09. The van der Waals surface area contributed by atoms with Gasteiger partial charge in [0.15, 0.2) is 0 Å².